The van der Waals surface area contributed by atoms with Gasteiger partial charge >= 0.3 is 0 Å². The summed E-state index contributed by atoms with van der Waals surface area (Å²) in [6.45, 7) is 0. The molecule has 27 heavy (non-hydrogen) atoms. The first kappa shape index (κ1) is 16.0. The summed E-state index contributed by atoms with van der Waals surface area (Å²) in [6.07, 6.45) is 4.38. The fraction of sp³-hybridized carbons (Fsp3) is 0.105. The van der Waals surface area contributed by atoms with Gasteiger partial charge in [-0.05, 0) is 24.3 Å². The van der Waals surface area contributed by atoms with Gasteiger partial charge in [0.05, 0.1) is 11.2 Å². The maximum Gasteiger partial charge on any atom is 0.209 e. The quantitative estimate of drug-likeness (QED) is 0.529. The third-order valence-electron chi connectivity index (χ3n) is 4.18. The Bertz CT molecular complexity index is 1170. The minimum atomic E-state index is 0.599. The van der Waals surface area contributed by atoms with Gasteiger partial charge in [0.25, 0.3) is 0 Å². The van der Waals surface area contributed by atoms with Crippen molar-refractivity contribution >= 4 is 34.6 Å². The van der Waals surface area contributed by atoms with E-state index in [0.717, 1.165) is 40.1 Å². The highest BCUT2D eigenvalue weighted by molar-refractivity contribution is 7.99. The maximum absolute atomic E-state index is 6.03. The Kier molecular flexibility index (Phi) is 4.02. The van der Waals surface area contributed by atoms with E-state index in [4.69, 9.17) is 4.42 Å². The van der Waals surface area contributed by atoms with Crippen LogP contribution in [0.2, 0.25) is 0 Å². The summed E-state index contributed by atoms with van der Waals surface area (Å²) in [7, 11) is 0. The first-order valence-electron chi connectivity index (χ1n) is 8.43. The van der Waals surface area contributed by atoms with Crippen LogP contribution >= 0.6 is 11.8 Å². The molecule has 1 aromatic carbocycles. The van der Waals surface area contributed by atoms with Gasteiger partial charge in [0.2, 0.25) is 5.16 Å². The number of benzene rings is 1. The van der Waals surface area contributed by atoms with Gasteiger partial charge in [0.15, 0.2) is 11.6 Å². The highest BCUT2D eigenvalue weighted by Crippen LogP contribution is 2.31. The van der Waals surface area contributed by atoms with E-state index < -0.39 is 0 Å². The molecule has 0 saturated heterocycles. The minimum Gasteiger partial charge on any atom is -0.453 e. The van der Waals surface area contributed by atoms with Gasteiger partial charge in [0.1, 0.15) is 5.76 Å². The van der Waals surface area contributed by atoms with Gasteiger partial charge in [-0.25, -0.2) is 0 Å². The molecule has 0 amide bonds. The van der Waals surface area contributed by atoms with Crippen LogP contribution in [-0.4, -0.2) is 37.8 Å². The molecule has 3 aromatic heterocycles. The number of aromatic amines is 1. The molecule has 4 aromatic rings. The van der Waals surface area contributed by atoms with E-state index in [1.54, 1.807) is 12.4 Å². The molecule has 0 saturated carbocycles. The Morgan fingerprint density at radius 3 is 2.93 bits per heavy atom. The van der Waals surface area contributed by atoms with Crippen molar-refractivity contribution in [3.63, 3.8) is 0 Å². The Balaban J connectivity index is 1.39. The number of hydrogen-bond donors (Lipinski definition) is 1. The van der Waals surface area contributed by atoms with E-state index in [2.05, 4.69) is 30.4 Å². The molecule has 8 heteroatoms. The molecule has 0 spiro atoms. The van der Waals surface area contributed by atoms with Crippen molar-refractivity contribution in [2.75, 3.05) is 5.75 Å². The van der Waals surface area contributed by atoms with Crippen molar-refractivity contribution in [2.45, 2.75) is 11.6 Å². The zero-order valence-electron chi connectivity index (χ0n) is 14.2. The summed E-state index contributed by atoms with van der Waals surface area (Å²) in [5.41, 5.74) is 2.89. The number of H-pyrrole nitrogens is 1. The highest BCUT2D eigenvalue weighted by atomic mass is 32.2. The van der Waals surface area contributed by atoms with E-state index in [0.29, 0.717) is 16.7 Å². The molecule has 4 heterocycles. The summed E-state index contributed by atoms with van der Waals surface area (Å²) in [4.78, 5) is 8.99. The molecular weight excluding hydrogens is 360 g/mol. The third-order valence-corrected chi connectivity index (χ3v) is 5.10. The molecule has 5 rings (SSSR count). The predicted octanol–water partition coefficient (Wildman–Crippen LogP) is 4.20. The minimum absolute atomic E-state index is 0.599. The molecule has 7 nitrogen and oxygen atoms in total. The fourth-order valence-corrected chi connectivity index (χ4v) is 3.62. The maximum atomic E-state index is 6.03. The summed E-state index contributed by atoms with van der Waals surface area (Å²) >= 11 is 1.52. The zero-order valence-corrected chi connectivity index (χ0v) is 15.0. The number of pyridine rings is 1. The van der Waals surface area contributed by atoms with Crippen LogP contribution in [0.15, 0.2) is 68.4 Å². The van der Waals surface area contributed by atoms with E-state index in [-0.39, 0.29) is 0 Å². The lowest BCUT2D eigenvalue weighted by molar-refractivity contribution is 0.593. The molecule has 0 fully saturated rings. The average molecular weight is 374 g/mol. The number of rotatable bonds is 5. The van der Waals surface area contributed by atoms with Crippen molar-refractivity contribution in [2.24, 2.45) is 10.2 Å². The molecular formula is C19H14N6OS. The lowest BCUT2D eigenvalue weighted by Gasteiger charge is -2.02. The van der Waals surface area contributed by atoms with E-state index in [1.807, 2.05) is 42.5 Å². The third kappa shape index (κ3) is 3.15. The van der Waals surface area contributed by atoms with Gasteiger partial charge in [-0.1, -0.05) is 30.0 Å². The van der Waals surface area contributed by atoms with Crippen LogP contribution in [0.4, 0.5) is 0 Å². The molecule has 1 aliphatic heterocycles. The molecule has 0 bridgehead atoms. The fourth-order valence-electron chi connectivity index (χ4n) is 2.88. The van der Waals surface area contributed by atoms with Crippen molar-refractivity contribution in [1.29, 1.82) is 0 Å². The van der Waals surface area contributed by atoms with Crippen LogP contribution in [0.25, 0.3) is 33.8 Å². The summed E-state index contributed by atoms with van der Waals surface area (Å²) in [5.74, 6) is 2.71. The number of thioether (sulfide) groups is 1. The number of furan rings is 1. The van der Waals surface area contributed by atoms with Gasteiger partial charge < -0.3 is 4.42 Å². The van der Waals surface area contributed by atoms with Gasteiger partial charge in [0, 0.05) is 35.5 Å². The Labute approximate surface area is 158 Å². The van der Waals surface area contributed by atoms with Crippen molar-refractivity contribution in [3.8, 4) is 22.9 Å². The van der Waals surface area contributed by atoms with Crippen LogP contribution in [0.1, 0.15) is 6.42 Å². The van der Waals surface area contributed by atoms with Crippen LogP contribution in [-0.2, 0) is 0 Å². The number of para-hydroxylation sites is 1. The van der Waals surface area contributed by atoms with Gasteiger partial charge in [-0.3, -0.25) is 10.1 Å². The Hall–Kier alpha value is -3.26. The normalized spacial score (nSPS) is 13.4. The smallest absolute Gasteiger partial charge is 0.209 e. The second kappa shape index (κ2) is 6.81. The van der Waals surface area contributed by atoms with Gasteiger partial charge in [-0.2, -0.15) is 15.2 Å². The Morgan fingerprint density at radius 1 is 1.07 bits per heavy atom. The molecule has 132 valence electrons. The molecule has 0 unspecified atom stereocenters. The lowest BCUT2D eigenvalue weighted by Crippen LogP contribution is -1.98. The number of hydrogen-bond acceptors (Lipinski definition) is 7. The first-order chi connectivity index (χ1) is 13.4. The lowest BCUT2D eigenvalue weighted by atomic mass is 10.1. The second-order valence-corrected chi connectivity index (χ2v) is 6.91. The molecule has 0 aliphatic carbocycles. The van der Waals surface area contributed by atoms with Crippen LogP contribution < -0.4 is 0 Å². The van der Waals surface area contributed by atoms with Crippen LogP contribution in [0, 0.1) is 0 Å². The van der Waals surface area contributed by atoms with Gasteiger partial charge in [-0.15, -0.1) is 5.10 Å². The summed E-state index contributed by atoms with van der Waals surface area (Å²) in [5, 5.41) is 16.8. The van der Waals surface area contributed by atoms with Crippen molar-refractivity contribution in [3.05, 3.63) is 48.7 Å². The highest BCUT2D eigenvalue weighted by Gasteiger charge is 2.14. The number of nitrogens with zero attached hydrogens (tertiary/aromatic N) is 5. The van der Waals surface area contributed by atoms with E-state index in [9.17, 15) is 0 Å². The average Bonchev–Trinajstić information content (AvgIpc) is 3.47. The number of nitrogens with one attached hydrogen (secondary N) is 1. The molecule has 0 radical (unpaired) electrons. The largest absolute Gasteiger partial charge is 0.453 e. The molecule has 1 N–H and O–H groups in total. The van der Waals surface area contributed by atoms with Crippen LogP contribution in [0.3, 0.4) is 0 Å². The SMILES string of the molecule is C1=NN=C(CSc2n[nH]c(-c3ccc(-c4cccc5cccnc45)o3)n2)C1. The molecule has 0 atom stereocenters. The zero-order chi connectivity index (χ0) is 18.1. The summed E-state index contributed by atoms with van der Waals surface area (Å²) in [6, 6.07) is 13.8. The predicted molar refractivity (Wildman–Crippen MR) is 106 cm³/mol. The Morgan fingerprint density at radius 2 is 2.00 bits per heavy atom. The number of aromatic nitrogens is 4. The topological polar surface area (TPSA) is 92.3 Å². The standard InChI is InChI=1S/C19H14N6OS/c1-3-12-4-2-9-20-17(12)14(5-1)15-6-7-16(26-15)18-22-19(25-24-18)27-11-13-8-10-21-23-13/h1-7,9-10H,8,11H2,(H,22,24,25). The summed E-state index contributed by atoms with van der Waals surface area (Å²) < 4.78 is 6.03. The van der Waals surface area contributed by atoms with Crippen molar-refractivity contribution < 1.29 is 4.42 Å². The van der Waals surface area contributed by atoms with E-state index in [1.165, 1.54) is 11.8 Å². The van der Waals surface area contributed by atoms with Crippen molar-refractivity contribution in [1.82, 2.24) is 20.2 Å². The second-order valence-electron chi connectivity index (χ2n) is 5.97. The monoisotopic (exact) mass is 374 g/mol. The van der Waals surface area contributed by atoms with Crippen LogP contribution in [0.5, 0.6) is 0 Å². The van der Waals surface area contributed by atoms with E-state index >= 15 is 0 Å². The molecule has 1 aliphatic rings. The number of fused-ring (bicyclic) bond motifs is 1. The first-order valence-corrected chi connectivity index (χ1v) is 9.42.